The Labute approximate surface area is 108 Å². The molecule has 4 heteroatoms. The van der Waals surface area contributed by atoms with E-state index in [1.807, 2.05) is 18.9 Å². The van der Waals surface area contributed by atoms with E-state index in [2.05, 4.69) is 0 Å². The molecule has 0 saturated carbocycles. The first-order chi connectivity index (χ1) is 8.65. The van der Waals surface area contributed by atoms with E-state index >= 15 is 0 Å². The standard InChI is InChI=1S/C14H20FNO2/c1-12(9-15)10-16(2)7-8-18-14-5-3-13(11-17)4-6-14/h3-6,11-12H,7-10H2,1-2H3. The Bertz CT molecular complexity index is 353. The summed E-state index contributed by atoms with van der Waals surface area (Å²) < 4.78 is 17.9. The molecule has 18 heavy (non-hydrogen) atoms. The van der Waals surface area contributed by atoms with Crippen LogP contribution in [0.2, 0.25) is 0 Å². The number of likely N-dealkylation sites (N-methyl/N-ethyl adjacent to an activating group) is 1. The average molecular weight is 253 g/mol. The van der Waals surface area contributed by atoms with Crippen LogP contribution < -0.4 is 4.74 Å². The number of rotatable bonds is 8. The first-order valence-corrected chi connectivity index (χ1v) is 6.08. The van der Waals surface area contributed by atoms with Crippen LogP contribution in [0.25, 0.3) is 0 Å². The molecule has 0 amide bonds. The first kappa shape index (κ1) is 14.6. The van der Waals surface area contributed by atoms with E-state index in [1.54, 1.807) is 24.3 Å². The Balaban J connectivity index is 2.26. The van der Waals surface area contributed by atoms with Gasteiger partial charge in [0.25, 0.3) is 0 Å². The highest BCUT2D eigenvalue weighted by Crippen LogP contribution is 2.10. The number of hydrogen-bond donors (Lipinski definition) is 0. The van der Waals surface area contributed by atoms with Gasteiger partial charge in [-0.1, -0.05) is 6.92 Å². The minimum atomic E-state index is -0.293. The normalized spacial score (nSPS) is 12.4. The van der Waals surface area contributed by atoms with Gasteiger partial charge >= 0.3 is 0 Å². The highest BCUT2D eigenvalue weighted by Gasteiger charge is 2.05. The van der Waals surface area contributed by atoms with Crippen molar-refractivity contribution < 1.29 is 13.9 Å². The van der Waals surface area contributed by atoms with E-state index in [1.165, 1.54) is 0 Å². The lowest BCUT2D eigenvalue weighted by atomic mass is 10.2. The largest absolute Gasteiger partial charge is 0.492 e. The van der Waals surface area contributed by atoms with Crippen molar-refractivity contribution in [2.45, 2.75) is 6.92 Å². The Morgan fingerprint density at radius 2 is 2.06 bits per heavy atom. The highest BCUT2D eigenvalue weighted by atomic mass is 19.1. The van der Waals surface area contributed by atoms with Gasteiger partial charge in [0, 0.05) is 18.7 Å². The molecule has 0 aromatic heterocycles. The van der Waals surface area contributed by atoms with Crippen LogP contribution >= 0.6 is 0 Å². The van der Waals surface area contributed by atoms with Crippen molar-refractivity contribution in [2.24, 2.45) is 5.92 Å². The lowest BCUT2D eigenvalue weighted by Crippen LogP contribution is -2.29. The molecule has 1 aromatic carbocycles. The molecule has 1 atom stereocenters. The molecule has 1 aromatic rings. The van der Waals surface area contributed by atoms with Crippen LogP contribution in [0.1, 0.15) is 17.3 Å². The fourth-order valence-corrected chi connectivity index (χ4v) is 1.63. The van der Waals surface area contributed by atoms with Gasteiger partial charge in [0.2, 0.25) is 0 Å². The molecule has 3 nitrogen and oxygen atoms in total. The van der Waals surface area contributed by atoms with E-state index in [4.69, 9.17) is 4.74 Å². The molecule has 0 aliphatic carbocycles. The third-order valence-corrected chi connectivity index (χ3v) is 2.64. The quantitative estimate of drug-likeness (QED) is 0.666. The lowest BCUT2D eigenvalue weighted by molar-refractivity contribution is 0.112. The van der Waals surface area contributed by atoms with Gasteiger partial charge in [-0.3, -0.25) is 9.18 Å². The summed E-state index contributed by atoms with van der Waals surface area (Å²) in [6, 6.07) is 6.98. The number of hydrogen-bond acceptors (Lipinski definition) is 3. The third kappa shape index (κ3) is 5.27. The predicted octanol–water partition coefficient (Wildman–Crippen LogP) is 2.42. The maximum atomic E-state index is 12.3. The summed E-state index contributed by atoms with van der Waals surface area (Å²) in [6.07, 6.45) is 0.801. The average Bonchev–Trinajstić information content (AvgIpc) is 2.39. The van der Waals surface area contributed by atoms with Crippen LogP contribution in [0, 0.1) is 5.92 Å². The number of aldehydes is 1. The van der Waals surface area contributed by atoms with Gasteiger partial charge in [0.1, 0.15) is 18.6 Å². The second kappa shape index (κ2) is 7.82. The molecule has 100 valence electrons. The Morgan fingerprint density at radius 3 is 2.61 bits per heavy atom. The van der Waals surface area contributed by atoms with E-state index in [0.29, 0.717) is 12.2 Å². The van der Waals surface area contributed by atoms with Crippen LogP contribution in [0.3, 0.4) is 0 Å². The SMILES string of the molecule is CC(CF)CN(C)CCOc1ccc(C=O)cc1. The molecular formula is C14H20FNO2. The monoisotopic (exact) mass is 253 g/mol. The molecule has 0 spiro atoms. The summed E-state index contributed by atoms with van der Waals surface area (Å²) in [6.45, 7) is 3.62. The zero-order valence-corrected chi connectivity index (χ0v) is 10.9. The number of carbonyl (C=O) groups excluding carboxylic acids is 1. The second-order valence-electron chi connectivity index (χ2n) is 4.56. The Hall–Kier alpha value is -1.42. The second-order valence-corrected chi connectivity index (χ2v) is 4.56. The van der Waals surface area contributed by atoms with Crippen molar-refractivity contribution in [2.75, 3.05) is 33.4 Å². The maximum absolute atomic E-state index is 12.3. The van der Waals surface area contributed by atoms with E-state index in [-0.39, 0.29) is 12.6 Å². The highest BCUT2D eigenvalue weighted by molar-refractivity contribution is 5.74. The van der Waals surface area contributed by atoms with Crippen molar-refractivity contribution in [1.29, 1.82) is 0 Å². The summed E-state index contributed by atoms with van der Waals surface area (Å²) in [7, 11) is 1.95. The van der Waals surface area contributed by atoms with Crippen molar-refractivity contribution >= 4 is 6.29 Å². The summed E-state index contributed by atoms with van der Waals surface area (Å²) >= 11 is 0. The van der Waals surface area contributed by atoms with Crippen molar-refractivity contribution in [3.63, 3.8) is 0 Å². The molecule has 1 rings (SSSR count). The van der Waals surface area contributed by atoms with Gasteiger partial charge in [-0.2, -0.15) is 0 Å². The summed E-state index contributed by atoms with van der Waals surface area (Å²) in [4.78, 5) is 12.5. The van der Waals surface area contributed by atoms with Gasteiger partial charge < -0.3 is 9.64 Å². The number of ether oxygens (including phenoxy) is 1. The third-order valence-electron chi connectivity index (χ3n) is 2.64. The van der Waals surface area contributed by atoms with Gasteiger partial charge in [0.05, 0.1) is 6.67 Å². The molecule has 0 fully saturated rings. The number of benzene rings is 1. The number of carbonyl (C=O) groups is 1. The van der Waals surface area contributed by atoms with E-state index in [9.17, 15) is 9.18 Å². The zero-order chi connectivity index (χ0) is 13.4. The topological polar surface area (TPSA) is 29.5 Å². The van der Waals surface area contributed by atoms with Gasteiger partial charge in [0.15, 0.2) is 0 Å². The van der Waals surface area contributed by atoms with Crippen molar-refractivity contribution in [1.82, 2.24) is 4.90 Å². The molecule has 1 unspecified atom stereocenters. The maximum Gasteiger partial charge on any atom is 0.150 e. The molecule has 0 N–H and O–H groups in total. The number of halogens is 1. The van der Waals surface area contributed by atoms with Crippen LogP contribution in [-0.2, 0) is 0 Å². The molecule has 0 bridgehead atoms. The minimum absolute atomic E-state index is 0.0573. The summed E-state index contributed by atoms with van der Waals surface area (Å²) in [5.41, 5.74) is 0.635. The molecule has 0 aliphatic heterocycles. The van der Waals surface area contributed by atoms with Crippen LogP contribution in [0.15, 0.2) is 24.3 Å². The van der Waals surface area contributed by atoms with Crippen molar-refractivity contribution in [3.05, 3.63) is 29.8 Å². The zero-order valence-electron chi connectivity index (χ0n) is 10.9. The minimum Gasteiger partial charge on any atom is -0.492 e. The smallest absolute Gasteiger partial charge is 0.150 e. The van der Waals surface area contributed by atoms with Gasteiger partial charge in [-0.25, -0.2) is 0 Å². The lowest BCUT2D eigenvalue weighted by Gasteiger charge is -2.19. The first-order valence-electron chi connectivity index (χ1n) is 6.08. The predicted molar refractivity (Wildman–Crippen MR) is 70.0 cm³/mol. The molecular weight excluding hydrogens is 233 g/mol. The number of nitrogens with zero attached hydrogens (tertiary/aromatic N) is 1. The number of alkyl halides is 1. The van der Waals surface area contributed by atoms with Crippen molar-refractivity contribution in [3.8, 4) is 5.75 Å². The molecule has 0 saturated heterocycles. The van der Waals surface area contributed by atoms with Gasteiger partial charge in [-0.15, -0.1) is 0 Å². The molecule has 0 aliphatic rings. The molecule has 0 radical (unpaired) electrons. The molecule has 0 heterocycles. The van der Waals surface area contributed by atoms with E-state index < -0.39 is 0 Å². The summed E-state index contributed by atoms with van der Waals surface area (Å²) in [5, 5.41) is 0. The van der Waals surface area contributed by atoms with E-state index in [0.717, 1.165) is 25.1 Å². The van der Waals surface area contributed by atoms with Crippen LogP contribution in [0.5, 0.6) is 5.75 Å². The van der Waals surface area contributed by atoms with Crippen LogP contribution in [0.4, 0.5) is 4.39 Å². The fraction of sp³-hybridized carbons (Fsp3) is 0.500. The van der Waals surface area contributed by atoms with Gasteiger partial charge in [-0.05, 0) is 37.2 Å². The Morgan fingerprint density at radius 1 is 1.39 bits per heavy atom. The summed E-state index contributed by atoms with van der Waals surface area (Å²) in [5.74, 6) is 0.800. The van der Waals surface area contributed by atoms with Crippen LogP contribution in [-0.4, -0.2) is 44.6 Å². The fourth-order valence-electron chi connectivity index (χ4n) is 1.63. The Kier molecular flexibility index (Phi) is 6.36.